The van der Waals surface area contributed by atoms with Crippen molar-refractivity contribution in [1.82, 2.24) is 10.6 Å². The first kappa shape index (κ1) is 31.1. The second kappa shape index (κ2) is 21.7. The lowest BCUT2D eigenvalue weighted by Crippen LogP contribution is -2.39. The fourth-order valence-corrected chi connectivity index (χ4v) is 1.62. The van der Waals surface area contributed by atoms with E-state index in [4.69, 9.17) is 0 Å². The van der Waals surface area contributed by atoms with Gasteiger partial charge >= 0.3 is 5.97 Å². The third-order valence-corrected chi connectivity index (χ3v) is 3.18. The number of hydrogen-bond donors (Lipinski definition) is 3. The maximum absolute atomic E-state index is 11.4. The van der Waals surface area contributed by atoms with Gasteiger partial charge in [-0.1, -0.05) is 47.5 Å². The molecule has 3 N–H and O–H groups in total. The Morgan fingerprint density at radius 1 is 1.04 bits per heavy atom. The number of ether oxygens (including phenoxy) is 1. The second-order valence-corrected chi connectivity index (χ2v) is 7.77. The molecule has 2 unspecified atom stereocenters. The summed E-state index contributed by atoms with van der Waals surface area (Å²) in [6, 6.07) is -0.150. The van der Waals surface area contributed by atoms with Crippen LogP contribution in [0.4, 0.5) is 0 Å². The van der Waals surface area contributed by atoms with Gasteiger partial charge in [0.25, 0.3) is 0 Å². The Labute approximate surface area is 172 Å². The zero-order valence-corrected chi connectivity index (χ0v) is 19.2. The van der Waals surface area contributed by atoms with Crippen LogP contribution in [-0.4, -0.2) is 48.7 Å². The van der Waals surface area contributed by atoms with E-state index in [1.807, 2.05) is 6.92 Å². The number of carbonyl (C=O) groups excluding carboxylic acids is 3. The summed E-state index contributed by atoms with van der Waals surface area (Å²) < 4.78 is 4.48. The number of nitrogens with one attached hydrogen (secondary N) is 2. The van der Waals surface area contributed by atoms with E-state index < -0.39 is 12.1 Å². The molecule has 0 aromatic rings. The number of aliphatic hydroxyl groups excluding tert-OH is 1. The Hall–Kier alpha value is -1.63. The molecule has 0 heterocycles. The van der Waals surface area contributed by atoms with E-state index in [0.29, 0.717) is 25.4 Å². The van der Waals surface area contributed by atoms with Gasteiger partial charge < -0.3 is 20.5 Å². The predicted octanol–water partition coefficient (Wildman–Crippen LogP) is 3.05. The summed E-state index contributed by atoms with van der Waals surface area (Å²) in [7, 11) is 0. The molecule has 0 aromatic carbocycles. The lowest BCUT2D eigenvalue weighted by Gasteiger charge is -2.16. The van der Waals surface area contributed by atoms with Crippen molar-refractivity contribution in [1.29, 1.82) is 0 Å². The molecular formula is C21H44N2O5. The Balaban J connectivity index is -0.000000406. The molecule has 0 fully saturated rings. The molecule has 168 valence electrons. The van der Waals surface area contributed by atoms with Crippen molar-refractivity contribution in [3.63, 3.8) is 0 Å². The van der Waals surface area contributed by atoms with Gasteiger partial charge in [0.05, 0.1) is 18.8 Å². The molecule has 7 heteroatoms. The minimum atomic E-state index is -0.482. The van der Waals surface area contributed by atoms with E-state index in [1.54, 1.807) is 13.8 Å². The molecule has 2 amide bonds. The Morgan fingerprint density at radius 3 is 1.96 bits per heavy atom. The van der Waals surface area contributed by atoms with Gasteiger partial charge in [0.1, 0.15) is 6.54 Å². The molecule has 0 bridgehead atoms. The number of aliphatic hydroxyl groups is 1. The normalized spacial score (nSPS) is 12.0. The van der Waals surface area contributed by atoms with Crippen LogP contribution in [0.1, 0.15) is 81.1 Å². The molecular weight excluding hydrogens is 360 g/mol. The Morgan fingerprint density at radius 2 is 1.57 bits per heavy atom. The number of unbranched alkanes of at least 4 members (excludes halogenated alkanes) is 1. The zero-order valence-electron chi connectivity index (χ0n) is 19.2. The quantitative estimate of drug-likeness (QED) is 0.279. The van der Waals surface area contributed by atoms with Crippen molar-refractivity contribution >= 4 is 18.3 Å². The van der Waals surface area contributed by atoms with Crippen molar-refractivity contribution in [2.75, 3.05) is 13.2 Å². The standard InChI is InChI=1S/C12H25NO2.C5H9NO3.C4H10/c1-9(2)7-5-6-8-12(15)13-10(3)11(4)14;1-2-9-5(8)3-6-4-7;1-4(2)3/h9-11,14H,5-8H2,1-4H3,(H,13,15);4H,2-3H2,1H3,(H,6,7);4H,1-3H3. The average Bonchev–Trinajstić information content (AvgIpc) is 2.57. The summed E-state index contributed by atoms with van der Waals surface area (Å²) in [6.45, 7) is 16.4. The third-order valence-electron chi connectivity index (χ3n) is 3.18. The highest BCUT2D eigenvalue weighted by molar-refractivity contribution is 5.76. The fraction of sp³-hybridized carbons (Fsp3) is 0.857. The molecule has 7 nitrogen and oxygen atoms in total. The SMILES string of the molecule is CC(C)C.CC(C)CCCCC(=O)NC(C)C(C)O.CCOC(=O)CNC=O. The van der Waals surface area contributed by atoms with Gasteiger partial charge in [0.2, 0.25) is 12.3 Å². The minimum absolute atomic E-state index is 0.0443. The molecule has 0 saturated heterocycles. The highest BCUT2D eigenvalue weighted by Crippen LogP contribution is 2.08. The van der Waals surface area contributed by atoms with Crippen molar-refractivity contribution < 1.29 is 24.2 Å². The van der Waals surface area contributed by atoms with Crippen LogP contribution in [0, 0.1) is 11.8 Å². The average molecular weight is 405 g/mol. The molecule has 0 aliphatic heterocycles. The molecule has 0 aliphatic rings. The third kappa shape index (κ3) is 32.1. The second-order valence-electron chi connectivity index (χ2n) is 7.77. The number of amides is 2. The van der Waals surface area contributed by atoms with E-state index in [9.17, 15) is 19.5 Å². The van der Waals surface area contributed by atoms with Gasteiger partial charge in [-0.05, 0) is 39.0 Å². The first-order valence-electron chi connectivity index (χ1n) is 10.3. The first-order valence-corrected chi connectivity index (χ1v) is 10.3. The van der Waals surface area contributed by atoms with E-state index >= 15 is 0 Å². The fourth-order valence-electron chi connectivity index (χ4n) is 1.62. The molecule has 28 heavy (non-hydrogen) atoms. The van der Waals surface area contributed by atoms with Gasteiger partial charge in [-0.3, -0.25) is 14.4 Å². The summed E-state index contributed by atoms with van der Waals surface area (Å²) in [4.78, 5) is 31.3. The molecule has 0 saturated carbocycles. The molecule has 0 rings (SSSR count). The summed E-state index contributed by atoms with van der Waals surface area (Å²) in [5.74, 6) is 1.18. The van der Waals surface area contributed by atoms with Crippen LogP contribution in [0.3, 0.4) is 0 Å². The van der Waals surface area contributed by atoms with Crippen LogP contribution in [0.15, 0.2) is 0 Å². The highest BCUT2D eigenvalue weighted by atomic mass is 16.5. The van der Waals surface area contributed by atoms with Crippen molar-refractivity contribution in [3.05, 3.63) is 0 Å². The van der Waals surface area contributed by atoms with E-state index in [-0.39, 0.29) is 18.5 Å². The predicted molar refractivity (Wildman–Crippen MR) is 114 cm³/mol. The number of rotatable bonds is 11. The highest BCUT2D eigenvalue weighted by Gasteiger charge is 2.11. The van der Waals surface area contributed by atoms with Gasteiger partial charge in [0.15, 0.2) is 0 Å². The van der Waals surface area contributed by atoms with Gasteiger partial charge in [-0.15, -0.1) is 0 Å². The molecule has 0 aromatic heterocycles. The largest absolute Gasteiger partial charge is 0.465 e. The zero-order chi connectivity index (χ0) is 22.5. The van der Waals surface area contributed by atoms with Crippen LogP contribution in [-0.2, 0) is 19.1 Å². The number of hydrogen-bond acceptors (Lipinski definition) is 5. The van der Waals surface area contributed by atoms with Crippen molar-refractivity contribution in [3.8, 4) is 0 Å². The van der Waals surface area contributed by atoms with Crippen LogP contribution >= 0.6 is 0 Å². The lowest BCUT2D eigenvalue weighted by molar-refractivity contribution is -0.142. The van der Waals surface area contributed by atoms with E-state index in [2.05, 4.69) is 50.0 Å². The Bertz CT molecular complexity index is 382. The smallest absolute Gasteiger partial charge is 0.325 e. The topological polar surface area (TPSA) is 105 Å². The van der Waals surface area contributed by atoms with Gasteiger partial charge in [0, 0.05) is 6.42 Å². The van der Waals surface area contributed by atoms with Crippen molar-refractivity contribution in [2.24, 2.45) is 11.8 Å². The minimum Gasteiger partial charge on any atom is -0.465 e. The molecule has 0 aliphatic carbocycles. The van der Waals surface area contributed by atoms with Gasteiger partial charge in [-0.25, -0.2) is 0 Å². The van der Waals surface area contributed by atoms with Crippen LogP contribution in [0.5, 0.6) is 0 Å². The van der Waals surface area contributed by atoms with Crippen LogP contribution in [0.25, 0.3) is 0 Å². The Kier molecular flexibility index (Phi) is 24.0. The number of esters is 1. The molecule has 0 spiro atoms. The summed E-state index contributed by atoms with van der Waals surface area (Å²) in [5.41, 5.74) is 0. The van der Waals surface area contributed by atoms with Crippen molar-refractivity contribution in [2.45, 2.75) is 93.2 Å². The first-order chi connectivity index (χ1) is 13.0. The van der Waals surface area contributed by atoms with Gasteiger partial charge in [-0.2, -0.15) is 0 Å². The monoisotopic (exact) mass is 404 g/mol. The summed E-state index contributed by atoms with van der Waals surface area (Å²) in [6.07, 6.45) is 3.77. The number of carbonyl (C=O) groups is 3. The van der Waals surface area contributed by atoms with E-state index in [0.717, 1.165) is 18.8 Å². The van der Waals surface area contributed by atoms with Crippen LogP contribution < -0.4 is 10.6 Å². The molecule has 0 radical (unpaired) electrons. The maximum atomic E-state index is 11.4. The lowest BCUT2D eigenvalue weighted by atomic mass is 10.1. The molecule has 2 atom stereocenters. The van der Waals surface area contributed by atoms with Crippen LogP contribution in [0.2, 0.25) is 0 Å². The summed E-state index contributed by atoms with van der Waals surface area (Å²) >= 11 is 0. The summed E-state index contributed by atoms with van der Waals surface area (Å²) in [5, 5.41) is 14.2. The van der Waals surface area contributed by atoms with E-state index in [1.165, 1.54) is 6.42 Å². The maximum Gasteiger partial charge on any atom is 0.325 e.